The number of carbonyl (C=O) groups is 1. The lowest BCUT2D eigenvalue weighted by molar-refractivity contribution is -0.132. The highest BCUT2D eigenvalue weighted by atomic mass is 16.5. The third kappa shape index (κ3) is 4.20. The zero-order chi connectivity index (χ0) is 21.4. The molecule has 2 aliphatic carbocycles. The van der Waals surface area contributed by atoms with Crippen LogP contribution in [0.3, 0.4) is 0 Å². The third-order valence-electron chi connectivity index (χ3n) is 6.18. The Morgan fingerprint density at radius 1 is 1.10 bits per heavy atom. The zero-order valence-electron chi connectivity index (χ0n) is 17.8. The van der Waals surface area contributed by atoms with Crippen molar-refractivity contribution in [3.8, 4) is 5.75 Å². The lowest BCUT2D eigenvalue weighted by atomic mass is 10.1. The largest absolute Gasteiger partial charge is 0.497 e. The second-order valence-electron chi connectivity index (χ2n) is 8.55. The van der Waals surface area contributed by atoms with Gasteiger partial charge in [-0.1, -0.05) is 24.3 Å². The van der Waals surface area contributed by atoms with Gasteiger partial charge >= 0.3 is 0 Å². The number of benzene rings is 2. The van der Waals surface area contributed by atoms with Crippen molar-refractivity contribution < 1.29 is 9.53 Å². The Bertz CT molecular complexity index is 1160. The maximum Gasteiger partial charge on any atom is 0.261 e. The standard InChI is InChI=1S/C25H27N3O3/c1-31-20-12-6-17(7-13-20)16-27(18-8-9-18)24(29)15-14-23-26-22-5-3-2-4-21(22)25(30)28(23)19-10-11-19/h2-7,12-13,18-19H,8-11,14-16H2,1H3. The summed E-state index contributed by atoms with van der Waals surface area (Å²) in [6.07, 6.45) is 4.98. The van der Waals surface area contributed by atoms with E-state index in [1.165, 1.54) is 0 Å². The number of para-hydroxylation sites is 1. The van der Waals surface area contributed by atoms with Gasteiger partial charge in [0.2, 0.25) is 5.91 Å². The van der Waals surface area contributed by atoms with Gasteiger partial charge in [0.25, 0.3) is 5.56 Å². The van der Waals surface area contributed by atoms with Gasteiger partial charge in [-0.05, 0) is 55.5 Å². The molecule has 31 heavy (non-hydrogen) atoms. The molecule has 160 valence electrons. The first kappa shape index (κ1) is 19.8. The number of hydrogen-bond donors (Lipinski definition) is 0. The topological polar surface area (TPSA) is 64.4 Å². The molecule has 0 spiro atoms. The average molecular weight is 418 g/mol. The molecule has 0 unspecified atom stereocenters. The van der Waals surface area contributed by atoms with E-state index in [4.69, 9.17) is 9.72 Å². The molecule has 0 atom stereocenters. The monoisotopic (exact) mass is 417 g/mol. The highest BCUT2D eigenvalue weighted by Crippen LogP contribution is 2.35. The van der Waals surface area contributed by atoms with Crippen molar-refractivity contribution in [3.63, 3.8) is 0 Å². The van der Waals surface area contributed by atoms with Crippen LogP contribution in [0.25, 0.3) is 10.9 Å². The summed E-state index contributed by atoms with van der Waals surface area (Å²) in [6.45, 7) is 0.605. The van der Waals surface area contributed by atoms with Crippen molar-refractivity contribution in [2.75, 3.05) is 7.11 Å². The average Bonchev–Trinajstić information content (AvgIpc) is 3.70. The van der Waals surface area contributed by atoms with E-state index >= 15 is 0 Å². The Balaban J connectivity index is 1.34. The maximum atomic E-state index is 13.2. The van der Waals surface area contributed by atoms with Crippen LogP contribution >= 0.6 is 0 Å². The minimum atomic E-state index is 0.0211. The van der Waals surface area contributed by atoms with E-state index in [1.807, 2.05) is 58.0 Å². The second-order valence-corrected chi connectivity index (χ2v) is 8.55. The summed E-state index contributed by atoms with van der Waals surface area (Å²) >= 11 is 0. The summed E-state index contributed by atoms with van der Waals surface area (Å²) in [5, 5.41) is 0.656. The van der Waals surface area contributed by atoms with E-state index in [9.17, 15) is 9.59 Å². The van der Waals surface area contributed by atoms with Crippen LogP contribution in [-0.4, -0.2) is 33.5 Å². The predicted molar refractivity (Wildman–Crippen MR) is 119 cm³/mol. The minimum absolute atomic E-state index is 0.0211. The first-order valence-electron chi connectivity index (χ1n) is 11.1. The van der Waals surface area contributed by atoms with Crippen LogP contribution in [0.1, 0.15) is 49.5 Å². The second kappa shape index (κ2) is 8.17. The van der Waals surface area contributed by atoms with Crippen LogP contribution in [-0.2, 0) is 17.8 Å². The molecule has 1 heterocycles. The van der Waals surface area contributed by atoms with Crippen molar-refractivity contribution >= 4 is 16.8 Å². The van der Waals surface area contributed by atoms with Gasteiger partial charge in [0, 0.05) is 31.5 Å². The fourth-order valence-corrected chi connectivity index (χ4v) is 4.17. The normalized spacial score (nSPS) is 15.8. The summed E-state index contributed by atoms with van der Waals surface area (Å²) in [5.41, 5.74) is 1.83. The van der Waals surface area contributed by atoms with Gasteiger partial charge < -0.3 is 9.64 Å². The van der Waals surface area contributed by atoms with Crippen molar-refractivity contribution in [2.24, 2.45) is 0 Å². The Kier molecular flexibility index (Phi) is 5.22. The summed E-state index contributed by atoms with van der Waals surface area (Å²) in [6, 6.07) is 15.9. The van der Waals surface area contributed by atoms with Gasteiger partial charge in [-0.15, -0.1) is 0 Å². The highest BCUT2D eigenvalue weighted by molar-refractivity contribution is 5.78. The van der Waals surface area contributed by atoms with Crippen LogP contribution in [0.15, 0.2) is 53.3 Å². The number of carbonyl (C=O) groups excluding carboxylic acids is 1. The molecule has 2 fully saturated rings. The van der Waals surface area contributed by atoms with E-state index in [1.54, 1.807) is 7.11 Å². The Morgan fingerprint density at radius 2 is 1.84 bits per heavy atom. The Labute approximate surface area is 181 Å². The molecule has 0 saturated heterocycles. The van der Waals surface area contributed by atoms with Gasteiger partial charge in [-0.2, -0.15) is 0 Å². The number of fused-ring (bicyclic) bond motifs is 1. The Hall–Kier alpha value is -3.15. The predicted octanol–water partition coefficient (Wildman–Crippen LogP) is 3.86. The number of amides is 1. The van der Waals surface area contributed by atoms with Crippen molar-refractivity contribution in [1.29, 1.82) is 0 Å². The van der Waals surface area contributed by atoms with Crippen molar-refractivity contribution in [2.45, 2.75) is 57.2 Å². The van der Waals surface area contributed by atoms with Crippen LogP contribution in [0.2, 0.25) is 0 Å². The van der Waals surface area contributed by atoms with E-state index in [2.05, 4.69) is 0 Å². The molecule has 2 aromatic carbocycles. The number of nitrogens with zero attached hydrogens (tertiary/aromatic N) is 3. The number of methoxy groups -OCH3 is 1. The number of rotatable bonds is 8. The minimum Gasteiger partial charge on any atom is -0.497 e. The molecule has 6 heteroatoms. The summed E-state index contributed by atoms with van der Waals surface area (Å²) in [4.78, 5) is 33.0. The van der Waals surface area contributed by atoms with Gasteiger partial charge in [0.05, 0.1) is 18.0 Å². The fraction of sp³-hybridized carbons (Fsp3) is 0.400. The number of aromatic nitrogens is 2. The first-order valence-corrected chi connectivity index (χ1v) is 11.1. The molecule has 5 rings (SSSR count). The third-order valence-corrected chi connectivity index (χ3v) is 6.18. The quantitative estimate of drug-likeness (QED) is 0.558. The molecule has 2 aliphatic rings. The summed E-state index contributed by atoms with van der Waals surface area (Å²) in [5.74, 6) is 1.68. The molecule has 0 N–H and O–H groups in total. The van der Waals surface area contributed by atoms with Crippen molar-refractivity contribution in [1.82, 2.24) is 14.5 Å². The van der Waals surface area contributed by atoms with Gasteiger partial charge in [-0.25, -0.2) is 4.98 Å². The SMILES string of the molecule is COc1ccc(CN(C(=O)CCc2nc3ccccc3c(=O)n2C2CC2)C2CC2)cc1. The molecular formula is C25H27N3O3. The van der Waals surface area contributed by atoms with Crippen LogP contribution in [0.5, 0.6) is 5.75 Å². The summed E-state index contributed by atoms with van der Waals surface area (Å²) in [7, 11) is 1.65. The van der Waals surface area contributed by atoms with Gasteiger partial charge in [0.1, 0.15) is 11.6 Å². The smallest absolute Gasteiger partial charge is 0.261 e. The highest BCUT2D eigenvalue weighted by Gasteiger charge is 2.33. The molecule has 6 nitrogen and oxygen atoms in total. The molecule has 1 amide bonds. The molecule has 0 bridgehead atoms. The molecule has 2 saturated carbocycles. The summed E-state index contributed by atoms with van der Waals surface area (Å²) < 4.78 is 7.06. The van der Waals surface area contributed by atoms with Crippen LogP contribution < -0.4 is 10.3 Å². The molecular weight excluding hydrogens is 390 g/mol. The number of aryl methyl sites for hydroxylation is 1. The fourth-order valence-electron chi connectivity index (χ4n) is 4.17. The zero-order valence-corrected chi connectivity index (χ0v) is 17.8. The van der Waals surface area contributed by atoms with E-state index in [-0.39, 0.29) is 17.5 Å². The Morgan fingerprint density at radius 3 is 2.52 bits per heavy atom. The van der Waals surface area contributed by atoms with E-state index < -0.39 is 0 Å². The maximum absolute atomic E-state index is 13.2. The van der Waals surface area contributed by atoms with Crippen molar-refractivity contribution in [3.05, 3.63) is 70.3 Å². The lowest BCUT2D eigenvalue weighted by Gasteiger charge is -2.23. The van der Waals surface area contributed by atoms with Gasteiger partial charge in [-0.3, -0.25) is 14.2 Å². The molecule has 0 radical (unpaired) electrons. The van der Waals surface area contributed by atoms with Crippen LogP contribution in [0.4, 0.5) is 0 Å². The first-order chi connectivity index (χ1) is 15.1. The molecule has 1 aromatic heterocycles. The molecule has 3 aromatic rings. The van der Waals surface area contributed by atoms with E-state index in [0.717, 1.165) is 42.8 Å². The number of ether oxygens (including phenoxy) is 1. The lowest BCUT2D eigenvalue weighted by Crippen LogP contribution is -2.33. The number of hydrogen-bond acceptors (Lipinski definition) is 4. The van der Waals surface area contributed by atoms with E-state index in [0.29, 0.717) is 36.3 Å². The molecule has 0 aliphatic heterocycles. The van der Waals surface area contributed by atoms with Crippen LogP contribution in [0, 0.1) is 0 Å². The van der Waals surface area contributed by atoms with Gasteiger partial charge in [0.15, 0.2) is 0 Å².